The van der Waals surface area contributed by atoms with Crippen LogP contribution in [0.15, 0.2) is 17.4 Å². The molecule has 1 spiro atoms. The Morgan fingerprint density at radius 3 is 2.63 bits per heavy atom. The number of amides is 1. The fourth-order valence-electron chi connectivity index (χ4n) is 2.64. The highest BCUT2D eigenvalue weighted by molar-refractivity contribution is 6.14. The topological polar surface area (TPSA) is 70.5 Å². The van der Waals surface area contributed by atoms with Crippen molar-refractivity contribution in [1.29, 1.82) is 0 Å². The minimum absolute atomic E-state index is 0.0753. The number of nitrogens with one attached hydrogen (secondary N) is 1. The van der Waals surface area contributed by atoms with Crippen LogP contribution in [0.3, 0.4) is 0 Å². The second-order valence-electron chi connectivity index (χ2n) is 5.12. The molecule has 0 bridgehead atoms. The molecular formula is C13H17N5O. The number of carbonyl (C=O) groups excluding carboxylic acids is 1. The van der Waals surface area contributed by atoms with Gasteiger partial charge in [-0.15, -0.1) is 0 Å². The minimum atomic E-state index is -0.581. The first-order chi connectivity index (χ1) is 9.12. The second-order valence-corrected chi connectivity index (χ2v) is 5.12. The quantitative estimate of drug-likeness (QED) is 0.778. The maximum absolute atomic E-state index is 12.5. The molecule has 0 saturated carbocycles. The van der Waals surface area contributed by atoms with Gasteiger partial charge in [0.25, 0.3) is 5.91 Å². The number of rotatable bonds is 1. The summed E-state index contributed by atoms with van der Waals surface area (Å²) in [5.74, 6) is 0.714. The van der Waals surface area contributed by atoms with Crippen LogP contribution in [-0.4, -0.2) is 52.3 Å². The smallest absolute Gasteiger partial charge is 0.256 e. The number of nitrogens with zero attached hydrogens (tertiary/aromatic N) is 4. The van der Waals surface area contributed by atoms with E-state index in [1.165, 1.54) is 0 Å². The highest BCUT2D eigenvalue weighted by Crippen LogP contribution is 2.31. The number of aryl methyl sites for hydroxylation is 1. The number of aliphatic imine (C=N–C) groups is 1. The molecule has 0 radical (unpaired) electrons. The molecule has 3 heterocycles. The lowest BCUT2D eigenvalue weighted by Crippen LogP contribution is -2.47. The van der Waals surface area contributed by atoms with Crippen molar-refractivity contribution in [3.05, 3.63) is 23.8 Å². The monoisotopic (exact) mass is 259 g/mol. The van der Waals surface area contributed by atoms with Crippen LogP contribution >= 0.6 is 0 Å². The first-order valence-electron chi connectivity index (χ1n) is 6.50. The van der Waals surface area contributed by atoms with E-state index in [0.29, 0.717) is 11.5 Å². The summed E-state index contributed by atoms with van der Waals surface area (Å²) in [4.78, 5) is 27.3. The normalized spacial score (nSPS) is 21.9. The SMILES string of the molecule is Cc1cnc(C2=NC3(CCNCC3)C(=O)N2C)cn1. The molecule has 1 aromatic heterocycles. The zero-order chi connectivity index (χ0) is 13.5. The van der Waals surface area contributed by atoms with E-state index in [9.17, 15) is 4.79 Å². The molecule has 6 heteroatoms. The van der Waals surface area contributed by atoms with E-state index in [-0.39, 0.29) is 5.91 Å². The number of amidine groups is 1. The molecule has 0 unspecified atom stereocenters. The van der Waals surface area contributed by atoms with E-state index in [1.807, 2.05) is 6.92 Å². The molecule has 3 rings (SSSR count). The third-order valence-electron chi connectivity index (χ3n) is 3.78. The number of aromatic nitrogens is 2. The zero-order valence-corrected chi connectivity index (χ0v) is 11.2. The number of piperidine rings is 1. The molecule has 1 amide bonds. The van der Waals surface area contributed by atoms with Crippen LogP contribution in [0.2, 0.25) is 0 Å². The van der Waals surface area contributed by atoms with Gasteiger partial charge in [0.05, 0.1) is 11.9 Å². The zero-order valence-electron chi connectivity index (χ0n) is 11.2. The van der Waals surface area contributed by atoms with Crippen LogP contribution in [0.4, 0.5) is 0 Å². The van der Waals surface area contributed by atoms with Gasteiger partial charge < -0.3 is 5.32 Å². The van der Waals surface area contributed by atoms with Crippen molar-refractivity contribution in [3.63, 3.8) is 0 Å². The molecule has 0 aromatic carbocycles. The minimum Gasteiger partial charge on any atom is -0.317 e. The Morgan fingerprint density at radius 1 is 1.26 bits per heavy atom. The van der Waals surface area contributed by atoms with Gasteiger partial charge in [-0.1, -0.05) is 0 Å². The Hall–Kier alpha value is -1.82. The number of likely N-dealkylation sites (N-methyl/N-ethyl adjacent to an activating group) is 1. The summed E-state index contributed by atoms with van der Waals surface area (Å²) < 4.78 is 0. The predicted octanol–water partition coefficient (Wildman–Crippen LogP) is 0.126. The molecule has 0 aliphatic carbocycles. The van der Waals surface area contributed by atoms with Crippen LogP contribution < -0.4 is 5.32 Å². The van der Waals surface area contributed by atoms with Crippen molar-refractivity contribution in [2.45, 2.75) is 25.3 Å². The highest BCUT2D eigenvalue weighted by atomic mass is 16.2. The molecule has 1 aromatic rings. The van der Waals surface area contributed by atoms with E-state index in [2.05, 4.69) is 15.3 Å². The third kappa shape index (κ3) is 1.92. The number of hydrogen-bond donors (Lipinski definition) is 1. The van der Waals surface area contributed by atoms with Crippen molar-refractivity contribution in [1.82, 2.24) is 20.2 Å². The molecule has 2 aliphatic heterocycles. The maximum atomic E-state index is 12.5. The van der Waals surface area contributed by atoms with E-state index in [1.54, 1.807) is 24.3 Å². The lowest BCUT2D eigenvalue weighted by Gasteiger charge is -2.29. The first kappa shape index (κ1) is 12.2. The van der Waals surface area contributed by atoms with Gasteiger partial charge in [0.1, 0.15) is 11.2 Å². The van der Waals surface area contributed by atoms with Gasteiger partial charge >= 0.3 is 0 Å². The summed E-state index contributed by atoms with van der Waals surface area (Å²) in [5.41, 5.74) is 0.937. The van der Waals surface area contributed by atoms with Crippen LogP contribution in [0.5, 0.6) is 0 Å². The summed E-state index contributed by atoms with van der Waals surface area (Å²) in [6, 6.07) is 0. The molecule has 2 aliphatic rings. The first-order valence-corrected chi connectivity index (χ1v) is 6.50. The van der Waals surface area contributed by atoms with Crippen LogP contribution in [0.1, 0.15) is 24.2 Å². The Bertz CT molecular complexity index is 530. The van der Waals surface area contributed by atoms with Crippen LogP contribution in [0.25, 0.3) is 0 Å². The molecular weight excluding hydrogens is 242 g/mol. The van der Waals surface area contributed by atoms with E-state index in [4.69, 9.17) is 4.99 Å². The van der Waals surface area contributed by atoms with Crippen molar-refractivity contribution in [2.24, 2.45) is 4.99 Å². The Labute approximate surface area is 112 Å². The molecule has 100 valence electrons. The molecule has 6 nitrogen and oxygen atoms in total. The second kappa shape index (κ2) is 4.38. The molecule has 1 saturated heterocycles. The van der Waals surface area contributed by atoms with Gasteiger partial charge in [-0.2, -0.15) is 0 Å². The average molecular weight is 259 g/mol. The Balaban J connectivity index is 1.99. The molecule has 19 heavy (non-hydrogen) atoms. The predicted molar refractivity (Wildman–Crippen MR) is 70.9 cm³/mol. The van der Waals surface area contributed by atoms with E-state index >= 15 is 0 Å². The van der Waals surface area contributed by atoms with Crippen LogP contribution in [0, 0.1) is 6.92 Å². The van der Waals surface area contributed by atoms with Crippen molar-refractivity contribution >= 4 is 11.7 Å². The molecule has 0 atom stereocenters. The van der Waals surface area contributed by atoms with Gasteiger partial charge in [-0.3, -0.25) is 14.7 Å². The summed E-state index contributed by atoms with van der Waals surface area (Å²) in [7, 11) is 1.76. The Morgan fingerprint density at radius 2 is 2.00 bits per heavy atom. The maximum Gasteiger partial charge on any atom is 0.256 e. The largest absolute Gasteiger partial charge is 0.317 e. The van der Waals surface area contributed by atoms with Crippen molar-refractivity contribution in [2.75, 3.05) is 20.1 Å². The number of hydrogen-bond acceptors (Lipinski definition) is 5. The van der Waals surface area contributed by atoms with Gasteiger partial charge in [0.15, 0.2) is 5.84 Å². The van der Waals surface area contributed by atoms with E-state index in [0.717, 1.165) is 31.6 Å². The lowest BCUT2D eigenvalue weighted by molar-refractivity contribution is -0.131. The summed E-state index contributed by atoms with van der Waals surface area (Å²) in [6.45, 7) is 3.54. The fraction of sp³-hybridized carbons (Fsp3) is 0.538. The number of carbonyl (C=O) groups is 1. The summed E-state index contributed by atoms with van der Waals surface area (Å²) in [6.07, 6.45) is 4.87. The van der Waals surface area contributed by atoms with E-state index < -0.39 is 5.54 Å². The Kier molecular flexibility index (Phi) is 2.82. The fourth-order valence-corrected chi connectivity index (χ4v) is 2.64. The average Bonchev–Trinajstić information content (AvgIpc) is 2.67. The lowest BCUT2D eigenvalue weighted by atomic mass is 9.89. The van der Waals surface area contributed by atoms with Gasteiger partial charge in [-0.05, 0) is 32.9 Å². The van der Waals surface area contributed by atoms with Gasteiger partial charge in [0, 0.05) is 13.2 Å². The third-order valence-corrected chi connectivity index (χ3v) is 3.78. The van der Waals surface area contributed by atoms with Crippen LogP contribution in [-0.2, 0) is 4.79 Å². The highest BCUT2D eigenvalue weighted by Gasteiger charge is 2.47. The van der Waals surface area contributed by atoms with Gasteiger partial charge in [0.2, 0.25) is 0 Å². The summed E-state index contributed by atoms with van der Waals surface area (Å²) in [5, 5.41) is 3.27. The summed E-state index contributed by atoms with van der Waals surface area (Å²) >= 11 is 0. The van der Waals surface area contributed by atoms with Crippen molar-refractivity contribution < 1.29 is 4.79 Å². The molecule has 1 fully saturated rings. The van der Waals surface area contributed by atoms with Gasteiger partial charge in [-0.25, -0.2) is 9.98 Å². The molecule has 1 N–H and O–H groups in total. The van der Waals surface area contributed by atoms with Crippen molar-refractivity contribution in [3.8, 4) is 0 Å². The standard InChI is InChI=1S/C13H17N5O/c1-9-7-16-10(8-15-9)11-17-13(12(19)18(11)2)3-5-14-6-4-13/h7-8,14H,3-6H2,1-2H3.